The highest BCUT2D eigenvalue weighted by atomic mass is 32.1. The molecule has 102 valence electrons. The number of imidazole rings is 1. The second kappa shape index (κ2) is 5.46. The summed E-state index contributed by atoms with van der Waals surface area (Å²) in [5, 5.41) is 4.92. The molecule has 0 bridgehead atoms. The number of rotatable bonds is 4. The van der Waals surface area contributed by atoms with Crippen LogP contribution in [-0.2, 0) is 17.8 Å². The molecule has 0 aliphatic rings. The molecule has 20 heavy (non-hydrogen) atoms. The third-order valence-electron chi connectivity index (χ3n) is 3.22. The first kappa shape index (κ1) is 12.9. The van der Waals surface area contributed by atoms with Crippen LogP contribution in [0.2, 0.25) is 0 Å². The van der Waals surface area contributed by atoms with E-state index in [1.165, 1.54) is 5.56 Å². The molecule has 0 unspecified atom stereocenters. The molecule has 1 N–H and O–H groups in total. The Morgan fingerprint density at radius 3 is 3.05 bits per heavy atom. The number of nitrogens with zero attached hydrogens (tertiary/aromatic N) is 2. The SMILES string of the molecule is Cc1ccccc1CNC(=O)Cc1cn2ccsc2n1. The van der Waals surface area contributed by atoms with Gasteiger partial charge in [0, 0.05) is 24.3 Å². The minimum absolute atomic E-state index is 0.000920. The summed E-state index contributed by atoms with van der Waals surface area (Å²) in [4.78, 5) is 17.3. The molecule has 5 heteroatoms. The van der Waals surface area contributed by atoms with Crippen molar-refractivity contribution in [2.45, 2.75) is 19.9 Å². The van der Waals surface area contributed by atoms with Crippen molar-refractivity contribution in [2.75, 3.05) is 0 Å². The van der Waals surface area contributed by atoms with Gasteiger partial charge in [-0.05, 0) is 18.1 Å². The van der Waals surface area contributed by atoms with Crippen molar-refractivity contribution in [1.29, 1.82) is 0 Å². The van der Waals surface area contributed by atoms with Crippen LogP contribution in [0.25, 0.3) is 4.96 Å². The van der Waals surface area contributed by atoms with Crippen LogP contribution in [0.3, 0.4) is 0 Å². The Kier molecular flexibility index (Phi) is 3.52. The summed E-state index contributed by atoms with van der Waals surface area (Å²) < 4.78 is 1.94. The summed E-state index contributed by atoms with van der Waals surface area (Å²) in [7, 11) is 0. The normalized spacial score (nSPS) is 10.8. The lowest BCUT2D eigenvalue weighted by molar-refractivity contribution is -0.120. The smallest absolute Gasteiger partial charge is 0.226 e. The maximum atomic E-state index is 11.9. The van der Waals surface area contributed by atoms with E-state index in [0.717, 1.165) is 16.2 Å². The van der Waals surface area contributed by atoms with Gasteiger partial charge < -0.3 is 5.32 Å². The Morgan fingerprint density at radius 2 is 2.25 bits per heavy atom. The third kappa shape index (κ3) is 2.72. The molecule has 2 heterocycles. The number of nitrogens with one attached hydrogen (secondary N) is 1. The summed E-state index contributed by atoms with van der Waals surface area (Å²) in [6.45, 7) is 2.61. The number of carbonyl (C=O) groups is 1. The molecule has 0 saturated carbocycles. The zero-order chi connectivity index (χ0) is 13.9. The second-order valence-electron chi connectivity index (χ2n) is 4.71. The average molecular weight is 285 g/mol. The number of aromatic nitrogens is 2. The first-order valence-corrected chi connectivity index (χ1v) is 7.32. The number of aryl methyl sites for hydroxylation is 1. The van der Waals surface area contributed by atoms with Crippen LogP contribution < -0.4 is 5.32 Å². The Bertz CT molecular complexity index is 716. The van der Waals surface area contributed by atoms with Crippen LogP contribution in [0.1, 0.15) is 16.8 Å². The first-order chi connectivity index (χ1) is 9.72. The minimum Gasteiger partial charge on any atom is -0.352 e. The molecule has 0 aliphatic heterocycles. The van der Waals surface area contributed by atoms with Crippen LogP contribution in [0.15, 0.2) is 42.0 Å². The van der Waals surface area contributed by atoms with Gasteiger partial charge in [-0.2, -0.15) is 0 Å². The highest BCUT2D eigenvalue weighted by Crippen LogP contribution is 2.12. The number of hydrogen-bond acceptors (Lipinski definition) is 3. The molecular formula is C15H15N3OS. The van der Waals surface area contributed by atoms with Crippen molar-refractivity contribution in [1.82, 2.24) is 14.7 Å². The van der Waals surface area contributed by atoms with E-state index in [-0.39, 0.29) is 5.91 Å². The standard InChI is InChI=1S/C15H15N3OS/c1-11-4-2-3-5-12(11)9-16-14(19)8-13-10-18-6-7-20-15(18)17-13/h2-7,10H,8-9H2,1H3,(H,16,19). The fourth-order valence-electron chi connectivity index (χ4n) is 2.09. The van der Waals surface area contributed by atoms with Crippen molar-refractivity contribution in [3.8, 4) is 0 Å². The quantitative estimate of drug-likeness (QED) is 0.801. The van der Waals surface area contributed by atoms with Gasteiger partial charge in [-0.25, -0.2) is 4.98 Å². The second-order valence-corrected chi connectivity index (χ2v) is 5.58. The van der Waals surface area contributed by atoms with E-state index < -0.39 is 0 Å². The topological polar surface area (TPSA) is 46.4 Å². The molecule has 0 atom stereocenters. The Hall–Kier alpha value is -2.14. The molecule has 1 amide bonds. The molecule has 0 spiro atoms. The average Bonchev–Trinajstić information content (AvgIpc) is 2.98. The van der Waals surface area contributed by atoms with Crippen molar-refractivity contribution in [3.05, 3.63) is 58.9 Å². The van der Waals surface area contributed by atoms with E-state index >= 15 is 0 Å². The lowest BCUT2D eigenvalue weighted by atomic mass is 10.1. The largest absolute Gasteiger partial charge is 0.352 e. The van der Waals surface area contributed by atoms with E-state index in [2.05, 4.69) is 10.3 Å². The lowest BCUT2D eigenvalue weighted by Crippen LogP contribution is -2.25. The highest BCUT2D eigenvalue weighted by Gasteiger charge is 2.08. The molecule has 0 saturated heterocycles. The summed E-state index contributed by atoms with van der Waals surface area (Å²) >= 11 is 1.57. The molecule has 3 aromatic rings. The predicted octanol–water partition coefficient (Wildman–Crippen LogP) is 2.56. The van der Waals surface area contributed by atoms with Crippen molar-refractivity contribution in [3.63, 3.8) is 0 Å². The predicted molar refractivity (Wildman–Crippen MR) is 79.8 cm³/mol. The summed E-state index contributed by atoms with van der Waals surface area (Å²) in [6, 6.07) is 8.06. The maximum absolute atomic E-state index is 11.9. The van der Waals surface area contributed by atoms with Crippen molar-refractivity contribution >= 4 is 22.2 Å². The van der Waals surface area contributed by atoms with Crippen LogP contribution >= 0.6 is 11.3 Å². The summed E-state index contributed by atoms with van der Waals surface area (Å²) in [6.07, 6.45) is 4.17. The first-order valence-electron chi connectivity index (χ1n) is 6.44. The van der Waals surface area contributed by atoms with E-state index in [4.69, 9.17) is 0 Å². The molecule has 1 aromatic carbocycles. The molecule has 4 nitrogen and oxygen atoms in total. The van der Waals surface area contributed by atoms with Gasteiger partial charge in [0.1, 0.15) is 0 Å². The van der Waals surface area contributed by atoms with E-state index in [9.17, 15) is 4.79 Å². The molecule has 3 rings (SSSR count). The molecular weight excluding hydrogens is 270 g/mol. The van der Waals surface area contributed by atoms with Gasteiger partial charge in [0.15, 0.2) is 4.96 Å². The number of thiazole rings is 1. The van der Waals surface area contributed by atoms with Crippen molar-refractivity contribution in [2.24, 2.45) is 0 Å². The fourth-order valence-corrected chi connectivity index (χ4v) is 2.81. The number of fused-ring (bicyclic) bond motifs is 1. The third-order valence-corrected chi connectivity index (χ3v) is 3.99. The van der Waals surface area contributed by atoms with E-state index in [1.807, 2.05) is 53.4 Å². The molecule has 0 aliphatic carbocycles. The van der Waals surface area contributed by atoms with Gasteiger partial charge in [0.05, 0.1) is 12.1 Å². The van der Waals surface area contributed by atoms with Crippen LogP contribution in [-0.4, -0.2) is 15.3 Å². The molecule has 0 radical (unpaired) electrons. The number of carbonyl (C=O) groups excluding carboxylic acids is 1. The van der Waals surface area contributed by atoms with E-state index in [0.29, 0.717) is 13.0 Å². The number of benzene rings is 1. The minimum atomic E-state index is -0.000920. The summed E-state index contributed by atoms with van der Waals surface area (Å²) in [5.74, 6) is -0.000920. The van der Waals surface area contributed by atoms with Gasteiger partial charge in [0.25, 0.3) is 0 Å². The van der Waals surface area contributed by atoms with Gasteiger partial charge >= 0.3 is 0 Å². The van der Waals surface area contributed by atoms with Gasteiger partial charge in [-0.3, -0.25) is 9.20 Å². The van der Waals surface area contributed by atoms with Gasteiger partial charge in [-0.15, -0.1) is 11.3 Å². The van der Waals surface area contributed by atoms with Crippen LogP contribution in [0.4, 0.5) is 0 Å². The zero-order valence-electron chi connectivity index (χ0n) is 11.2. The van der Waals surface area contributed by atoms with Crippen LogP contribution in [0, 0.1) is 6.92 Å². The molecule has 0 fully saturated rings. The van der Waals surface area contributed by atoms with E-state index in [1.54, 1.807) is 11.3 Å². The lowest BCUT2D eigenvalue weighted by Gasteiger charge is -2.06. The van der Waals surface area contributed by atoms with Crippen molar-refractivity contribution < 1.29 is 4.79 Å². The number of amides is 1. The van der Waals surface area contributed by atoms with Gasteiger partial charge in [-0.1, -0.05) is 24.3 Å². The van der Waals surface area contributed by atoms with Gasteiger partial charge in [0.2, 0.25) is 5.91 Å². The Balaban J connectivity index is 1.60. The van der Waals surface area contributed by atoms with Crippen LogP contribution in [0.5, 0.6) is 0 Å². The maximum Gasteiger partial charge on any atom is 0.226 e. The Morgan fingerprint density at radius 1 is 1.40 bits per heavy atom. The Labute approximate surface area is 121 Å². The molecule has 2 aromatic heterocycles. The fraction of sp³-hybridized carbons (Fsp3) is 0.200. The zero-order valence-corrected chi connectivity index (χ0v) is 12.0. The highest BCUT2D eigenvalue weighted by molar-refractivity contribution is 7.15. The summed E-state index contributed by atoms with van der Waals surface area (Å²) in [5.41, 5.74) is 3.14. The number of hydrogen-bond donors (Lipinski definition) is 1. The monoisotopic (exact) mass is 285 g/mol.